The van der Waals surface area contributed by atoms with Gasteiger partial charge in [0.2, 0.25) is 0 Å². The van der Waals surface area contributed by atoms with Crippen LogP contribution in [0, 0.1) is 0 Å². The largest absolute Gasteiger partial charge is 0.294 e. The number of Topliss-reactive ketones (excluding diaryl/α,β-unsaturated/α-hetero) is 1. The molecule has 0 aliphatic rings. The van der Waals surface area contributed by atoms with E-state index in [-0.39, 0.29) is 5.78 Å². The van der Waals surface area contributed by atoms with Crippen LogP contribution in [0.25, 0.3) is 5.52 Å². The summed E-state index contributed by atoms with van der Waals surface area (Å²) < 4.78 is 3.57. The van der Waals surface area contributed by atoms with Crippen molar-refractivity contribution in [1.82, 2.24) is 19.4 Å². The Morgan fingerprint density at radius 3 is 2.85 bits per heavy atom. The van der Waals surface area contributed by atoms with Gasteiger partial charge in [0, 0.05) is 18.4 Å². The molecule has 3 aromatic rings. The normalized spacial score (nSPS) is 11.3. The zero-order chi connectivity index (χ0) is 14.1. The average Bonchev–Trinajstić information content (AvgIpc) is 3.04. The molecule has 0 radical (unpaired) electrons. The van der Waals surface area contributed by atoms with Crippen molar-refractivity contribution >= 4 is 11.3 Å². The highest BCUT2D eigenvalue weighted by atomic mass is 16.1. The van der Waals surface area contributed by atoms with Crippen LogP contribution in [0.1, 0.15) is 35.9 Å². The van der Waals surface area contributed by atoms with Crippen LogP contribution >= 0.6 is 0 Å². The second-order valence-corrected chi connectivity index (χ2v) is 5.07. The predicted molar refractivity (Wildman–Crippen MR) is 75.8 cm³/mol. The van der Waals surface area contributed by atoms with Gasteiger partial charge in [-0.25, -0.2) is 4.52 Å². The molecular weight excluding hydrogens is 252 g/mol. The third-order valence-corrected chi connectivity index (χ3v) is 3.26. The van der Waals surface area contributed by atoms with E-state index < -0.39 is 0 Å². The maximum atomic E-state index is 12.4. The standard InChI is InChI=1S/C15H16N4O/c1-11(2)18-8-6-12(17-18)9-15(20)13-10-16-19-7-4-3-5-14(13)19/h3-8,10-11H,9H2,1-2H3. The van der Waals surface area contributed by atoms with Crippen LogP contribution in [0.2, 0.25) is 0 Å². The molecule has 0 saturated heterocycles. The zero-order valence-corrected chi connectivity index (χ0v) is 11.5. The number of fused-ring (bicyclic) bond motifs is 1. The van der Waals surface area contributed by atoms with Gasteiger partial charge in [-0.3, -0.25) is 9.48 Å². The fourth-order valence-corrected chi connectivity index (χ4v) is 2.17. The lowest BCUT2D eigenvalue weighted by Crippen LogP contribution is -2.06. The lowest BCUT2D eigenvalue weighted by molar-refractivity contribution is 0.0993. The number of carbonyl (C=O) groups is 1. The molecule has 0 saturated carbocycles. The molecule has 0 bridgehead atoms. The smallest absolute Gasteiger partial charge is 0.172 e. The third kappa shape index (κ3) is 2.22. The maximum absolute atomic E-state index is 12.4. The van der Waals surface area contributed by atoms with Gasteiger partial charge in [0.05, 0.1) is 29.4 Å². The zero-order valence-electron chi connectivity index (χ0n) is 11.5. The van der Waals surface area contributed by atoms with Gasteiger partial charge in [-0.05, 0) is 32.0 Å². The summed E-state index contributed by atoms with van der Waals surface area (Å²) in [5.41, 5.74) is 2.27. The highest BCUT2D eigenvalue weighted by Gasteiger charge is 2.14. The molecule has 0 unspecified atom stereocenters. The van der Waals surface area contributed by atoms with Gasteiger partial charge in [0.1, 0.15) is 0 Å². The Hall–Kier alpha value is -2.43. The predicted octanol–water partition coefficient (Wildman–Crippen LogP) is 2.54. The molecule has 0 aliphatic carbocycles. The first kappa shape index (κ1) is 12.6. The van der Waals surface area contributed by atoms with Crippen molar-refractivity contribution < 1.29 is 4.79 Å². The Labute approximate surface area is 116 Å². The van der Waals surface area contributed by atoms with Crippen LogP contribution in [0.4, 0.5) is 0 Å². The summed E-state index contributed by atoms with van der Waals surface area (Å²) in [5.74, 6) is 0.0419. The van der Waals surface area contributed by atoms with Gasteiger partial charge in [0.25, 0.3) is 0 Å². The molecule has 0 spiro atoms. The summed E-state index contributed by atoms with van der Waals surface area (Å²) in [4.78, 5) is 12.4. The second-order valence-electron chi connectivity index (χ2n) is 5.07. The summed E-state index contributed by atoms with van der Waals surface area (Å²) in [7, 11) is 0. The molecule has 5 heteroatoms. The van der Waals surface area contributed by atoms with E-state index >= 15 is 0 Å². The van der Waals surface area contributed by atoms with Crippen molar-refractivity contribution in [3.8, 4) is 0 Å². The van der Waals surface area contributed by atoms with Gasteiger partial charge < -0.3 is 0 Å². The van der Waals surface area contributed by atoms with Crippen molar-refractivity contribution in [2.45, 2.75) is 26.3 Å². The quantitative estimate of drug-likeness (QED) is 0.683. The molecular formula is C15H16N4O. The summed E-state index contributed by atoms with van der Waals surface area (Å²) in [5, 5.41) is 8.59. The minimum Gasteiger partial charge on any atom is -0.294 e. The highest BCUT2D eigenvalue weighted by Crippen LogP contribution is 2.13. The molecule has 0 fully saturated rings. The first-order chi connectivity index (χ1) is 9.65. The van der Waals surface area contributed by atoms with E-state index in [1.54, 1.807) is 10.7 Å². The number of aromatic nitrogens is 4. The lowest BCUT2D eigenvalue weighted by atomic mass is 10.1. The van der Waals surface area contributed by atoms with Crippen LogP contribution in [-0.2, 0) is 6.42 Å². The maximum Gasteiger partial charge on any atom is 0.172 e. The van der Waals surface area contributed by atoms with E-state index in [0.29, 0.717) is 18.0 Å². The molecule has 0 atom stereocenters. The van der Waals surface area contributed by atoms with Gasteiger partial charge in [-0.15, -0.1) is 0 Å². The van der Waals surface area contributed by atoms with Gasteiger partial charge >= 0.3 is 0 Å². The van der Waals surface area contributed by atoms with E-state index in [1.807, 2.05) is 41.3 Å². The topological polar surface area (TPSA) is 52.2 Å². The van der Waals surface area contributed by atoms with Crippen molar-refractivity contribution in [2.24, 2.45) is 0 Å². The van der Waals surface area contributed by atoms with E-state index in [0.717, 1.165) is 11.2 Å². The summed E-state index contributed by atoms with van der Waals surface area (Å²) >= 11 is 0. The Morgan fingerprint density at radius 1 is 1.25 bits per heavy atom. The Balaban J connectivity index is 1.85. The minimum absolute atomic E-state index is 0.0419. The van der Waals surface area contributed by atoms with Crippen molar-refractivity contribution in [3.05, 3.63) is 54.1 Å². The Kier molecular flexibility index (Phi) is 3.10. The van der Waals surface area contributed by atoms with E-state index in [1.165, 1.54) is 0 Å². The van der Waals surface area contributed by atoms with Crippen LogP contribution in [0.15, 0.2) is 42.9 Å². The van der Waals surface area contributed by atoms with Crippen LogP contribution in [-0.4, -0.2) is 25.2 Å². The number of carbonyl (C=O) groups excluding carboxylic acids is 1. The van der Waals surface area contributed by atoms with Gasteiger partial charge in [-0.1, -0.05) is 6.07 Å². The Bertz CT molecular complexity index is 754. The molecule has 102 valence electrons. The number of hydrogen-bond donors (Lipinski definition) is 0. The molecule has 0 aromatic carbocycles. The fourth-order valence-electron chi connectivity index (χ4n) is 2.17. The van der Waals surface area contributed by atoms with Gasteiger partial charge in [0.15, 0.2) is 5.78 Å². The van der Waals surface area contributed by atoms with Crippen LogP contribution < -0.4 is 0 Å². The molecule has 5 nitrogen and oxygen atoms in total. The number of nitrogens with zero attached hydrogens (tertiary/aromatic N) is 4. The van der Waals surface area contributed by atoms with Crippen LogP contribution in [0.5, 0.6) is 0 Å². The monoisotopic (exact) mass is 268 g/mol. The van der Waals surface area contributed by atoms with Crippen molar-refractivity contribution in [1.29, 1.82) is 0 Å². The van der Waals surface area contributed by atoms with E-state index in [2.05, 4.69) is 24.0 Å². The summed E-state index contributed by atoms with van der Waals surface area (Å²) in [6.45, 7) is 4.12. The summed E-state index contributed by atoms with van der Waals surface area (Å²) in [6.07, 6.45) is 5.66. The highest BCUT2D eigenvalue weighted by molar-refractivity contribution is 6.03. The molecule has 0 N–H and O–H groups in total. The Morgan fingerprint density at radius 2 is 2.10 bits per heavy atom. The lowest BCUT2D eigenvalue weighted by Gasteiger charge is -2.03. The first-order valence-electron chi connectivity index (χ1n) is 6.65. The second kappa shape index (κ2) is 4.92. The molecule has 3 rings (SSSR count). The van der Waals surface area contributed by atoms with Gasteiger partial charge in [-0.2, -0.15) is 10.2 Å². The molecule has 3 heterocycles. The molecule has 3 aromatic heterocycles. The van der Waals surface area contributed by atoms with Crippen molar-refractivity contribution in [2.75, 3.05) is 0 Å². The number of ketones is 1. The molecule has 0 amide bonds. The van der Waals surface area contributed by atoms with Crippen molar-refractivity contribution in [3.63, 3.8) is 0 Å². The van der Waals surface area contributed by atoms with Crippen LogP contribution in [0.3, 0.4) is 0 Å². The number of rotatable bonds is 4. The van der Waals surface area contributed by atoms with E-state index in [4.69, 9.17) is 0 Å². The van der Waals surface area contributed by atoms with E-state index in [9.17, 15) is 4.79 Å². The minimum atomic E-state index is 0.0419. The number of hydrogen-bond acceptors (Lipinski definition) is 3. The molecule has 20 heavy (non-hydrogen) atoms. The third-order valence-electron chi connectivity index (χ3n) is 3.26. The first-order valence-corrected chi connectivity index (χ1v) is 6.65. The number of pyridine rings is 1. The summed E-state index contributed by atoms with van der Waals surface area (Å²) in [6, 6.07) is 7.88. The average molecular weight is 268 g/mol. The SMILES string of the molecule is CC(C)n1ccc(CC(=O)c2cnn3ccccc23)n1. The molecule has 0 aliphatic heterocycles. The fraction of sp³-hybridized carbons (Fsp3) is 0.267.